The van der Waals surface area contributed by atoms with E-state index in [1.165, 1.54) is 18.2 Å². The minimum Gasteiger partial charge on any atom is -1.00 e. The van der Waals surface area contributed by atoms with E-state index in [9.17, 15) is 9.59 Å². The first-order valence-electron chi connectivity index (χ1n) is 3.18. The monoisotopic (exact) mass is 208 g/mol. The van der Waals surface area contributed by atoms with Gasteiger partial charge in [0.05, 0.1) is 11.1 Å². The van der Waals surface area contributed by atoms with Crippen LogP contribution in [-0.4, -0.2) is 27.6 Å². The first-order chi connectivity index (χ1) is 5.61. The van der Waals surface area contributed by atoms with E-state index in [1.54, 1.807) is 0 Å². The van der Waals surface area contributed by atoms with Gasteiger partial charge in [-0.3, -0.25) is 0 Å². The second-order valence-electron chi connectivity index (χ2n) is 2.19. The van der Waals surface area contributed by atoms with Crippen molar-refractivity contribution in [3.8, 4) is 0 Å². The first kappa shape index (κ1) is 15.6. The number of rotatable bonds is 2. The molecular formula is C8H9NaO5. The topological polar surface area (TPSA) is 106 Å². The fraction of sp³-hybridized carbons (Fsp3) is 0. The summed E-state index contributed by atoms with van der Waals surface area (Å²) in [6, 6.07) is 5.20. The van der Waals surface area contributed by atoms with Crippen LogP contribution in [0.15, 0.2) is 24.3 Å². The zero-order valence-electron chi connectivity index (χ0n) is 8.52. The minimum atomic E-state index is -1.13. The maximum Gasteiger partial charge on any atom is 1.00 e. The van der Waals surface area contributed by atoms with E-state index in [1.807, 2.05) is 0 Å². The summed E-state index contributed by atoms with van der Waals surface area (Å²) in [5.74, 6) is -2.25. The molecule has 0 aliphatic heterocycles. The van der Waals surface area contributed by atoms with E-state index < -0.39 is 11.9 Å². The summed E-state index contributed by atoms with van der Waals surface area (Å²) in [7, 11) is 0. The molecule has 0 heterocycles. The second kappa shape index (κ2) is 6.56. The molecule has 0 radical (unpaired) electrons. The van der Waals surface area contributed by atoms with Gasteiger partial charge in [-0.05, 0) is 18.2 Å². The van der Waals surface area contributed by atoms with E-state index in [4.69, 9.17) is 10.2 Å². The van der Waals surface area contributed by atoms with Crippen molar-refractivity contribution in [3.63, 3.8) is 0 Å². The van der Waals surface area contributed by atoms with Crippen molar-refractivity contribution in [1.29, 1.82) is 0 Å². The Morgan fingerprint density at radius 1 is 1.07 bits per heavy atom. The van der Waals surface area contributed by atoms with E-state index in [-0.39, 0.29) is 47.6 Å². The molecule has 0 aromatic heterocycles. The van der Waals surface area contributed by atoms with Gasteiger partial charge in [-0.25, -0.2) is 9.59 Å². The van der Waals surface area contributed by atoms with E-state index >= 15 is 0 Å². The summed E-state index contributed by atoms with van der Waals surface area (Å²) in [5, 5.41) is 17.0. The summed E-state index contributed by atoms with van der Waals surface area (Å²) < 4.78 is 0. The summed E-state index contributed by atoms with van der Waals surface area (Å²) in [5.41, 5.74) is -0.0372. The van der Waals surface area contributed by atoms with Crippen LogP contribution in [0.25, 0.3) is 0 Å². The van der Waals surface area contributed by atoms with Gasteiger partial charge in [0.1, 0.15) is 0 Å². The van der Waals surface area contributed by atoms with E-state index in [2.05, 4.69) is 0 Å². The number of carboxylic acids is 2. The average Bonchev–Trinajstić information content (AvgIpc) is 2.04. The molecule has 0 atom stereocenters. The van der Waals surface area contributed by atoms with Crippen LogP contribution < -0.4 is 29.6 Å². The van der Waals surface area contributed by atoms with Gasteiger partial charge >= 0.3 is 41.5 Å². The molecule has 6 heteroatoms. The predicted octanol–water partition coefficient (Wildman–Crippen LogP) is -2.63. The zero-order valence-corrected chi connectivity index (χ0v) is 9.52. The third kappa shape index (κ3) is 3.89. The maximum atomic E-state index is 10.4. The molecule has 0 saturated heterocycles. The van der Waals surface area contributed by atoms with Crippen LogP contribution >= 0.6 is 0 Å². The number of benzene rings is 1. The molecule has 0 bridgehead atoms. The molecule has 5 nitrogen and oxygen atoms in total. The molecule has 1 rings (SSSR count). The molecule has 0 amide bonds. The smallest absolute Gasteiger partial charge is 1.00 e. The van der Waals surface area contributed by atoms with Gasteiger partial charge in [-0.15, -0.1) is 0 Å². The Hall–Kier alpha value is -0.880. The van der Waals surface area contributed by atoms with Gasteiger partial charge in [0.2, 0.25) is 0 Å². The van der Waals surface area contributed by atoms with Gasteiger partial charge in [0.15, 0.2) is 0 Å². The van der Waals surface area contributed by atoms with Gasteiger partial charge in [-0.2, -0.15) is 0 Å². The third-order valence-corrected chi connectivity index (χ3v) is 1.36. The van der Waals surface area contributed by atoms with E-state index in [0.717, 1.165) is 6.07 Å². The number of aromatic carboxylic acids is 2. The Labute approximate surface area is 103 Å². The molecule has 0 spiro atoms. The Morgan fingerprint density at radius 3 is 1.71 bits per heavy atom. The maximum absolute atomic E-state index is 10.4. The van der Waals surface area contributed by atoms with Gasteiger partial charge in [0.25, 0.3) is 0 Å². The van der Waals surface area contributed by atoms with Crippen molar-refractivity contribution in [2.75, 3.05) is 0 Å². The van der Waals surface area contributed by atoms with Crippen molar-refractivity contribution in [3.05, 3.63) is 35.4 Å². The van der Waals surface area contributed by atoms with Gasteiger partial charge in [0, 0.05) is 0 Å². The molecule has 0 aliphatic carbocycles. The molecular weight excluding hydrogens is 199 g/mol. The van der Waals surface area contributed by atoms with Crippen LogP contribution in [0.4, 0.5) is 0 Å². The van der Waals surface area contributed by atoms with Crippen molar-refractivity contribution in [2.24, 2.45) is 0 Å². The van der Waals surface area contributed by atoms with Gasteiger partial charge in [-0.1, -0.05) is 6.07 Å². The normalized spacial score (nSPS) is 8.00. The molecule has 1 aromatic rings. The van der Waals surface area contributed by atoms with Crippen molar-refractivity contribution in [1.82, 2.24) is 0 Å². The molecule has 0 saturated carbocycles. The molecule has 14 heavy (non-hydrogen) atoms. The minimum absolute atomic E-state index is 0. The Balaban J connectivity index is -0.000000480. The van der Waals surface area contributed by atoms with Crippen LogP contribution in [0.5, 0.6) is 0 Å². The molecule has 0 fully saturated rings. The molecule has 1 aromatic carbocycles. The molecule has 4 N–H and O–H groups in total. The zero-order chi connectivity index (χ0) is 9.14. The van der Waals surface area contributed by atoms with Crippen LogP contribution in [-0.2, 0) is 0 Å². The summed E-state index contributed by atoms with van der Waals surface area (Å²) >= 11 is 0. The Morgan fingerprint density at radius 2 is 1.43 bits per heavy atom. The van der Waals surface area contributed by atoms with Gasteiger partial charge < -0.3 is 17.1 Å². The summed E-state index contributed by atoms with van der Waals surface area (Å²) in [4.78, 5) is 20.8. The average molecular weight is 208 g/mol. The third-order valence-electron chi connectivity index (χ3n) is 1.36. The molecule has 72 valence electrons. The second-order valence-corrected chi connectivity index (χ2v) is 2.19. The molecule has 0 aliphatic rings. The summed E-state index contributed by atoms with van der Waals surface area (Å²) in [6.07, 6.45) is 0. The number of hydrogen-bond acceptors (Lipinski definition) is 2. The fourth-order valence-electron chi connectivity index (χ4n) is 0.785. The summed E-state index contributed by atoms with van der Waals surface area (Å²) in [6.45, 7) is 0. The largest absolute Gasteiger partial charge is 1.00 e. The standard InChI is InChI=1S/C8H6O4.Na.H2O.H/c9-7(10)5-2-1-3-6(4-5)8(11)12;;;/h1-4H,(H,9,10)(H,11,12);;1H2;/q;+1;;-1. The van der Waals surface area contributed by atoms with Crippen LogP contribution in [0, 0.1) is 0 Å². The quantitative estimate of drug-likeness (QED) is 0.518. The van der Waals surface area contributed by atoms with Crippen LogP contribution in [0.2, 0.25) is 0 Å². The van der Waals surface area contributed by atoms with Crippen molar-refractivity contribution < 1.29 is 56.3 Å². The fourth-order valence-corrected chi connectivity index (χ4v) is 0.785. The molecule has 0 unspecified atom stereocenters. The van der Waals surface area contributed by atoms with Crippen molar-refractivity contribution >= 4 is 11.9 Å². The van der Waals surface area contributed by atoms with Crippen molar-refractivity contribution in [2.45, 2.75) is 0 Å². The number of carbonyl (C=O) groups is 2. The SMILES string of the molecule is O.O=C(O)c1cccc(C(=O)O)c1.[H-].[Na+]. The van der Waals surface area contributed by atoms with E-state index in [0.29, 0.717) is 0 Å². The van der Waals surface area contributed by atoms with Crippen LogP contribution in [0.1, 0.15) is 22.1 Å². The first-order valence-corrected chi connectivity index (χ1v) is 3.18. The Bertz CT molecular complexity index is 312. The Kier molecular flexibility index (Phi) is 7.30. The predicted molar refractivity (Wildman–Crippen MR) is 45.1 cm³/mol. The van der Waals surface area contributed by atoms with Crippen LogP contribution in [0.3, 0.4) is 0 Å². The number of hydrogen-bond donors (Lipinski definition) is 2. The number of carboxylic acid groups (broad SMARTS) is 2.